The molecular formula is C41H51N9O7S2. The minimum absolute atomic E-state index is 0.0978. The van der Waals surface area contributed by atoms with Gasteiger partial charge in [0.1, 0.15) is 17.7 Å². The Balaban J connectivity index is 0.000000224. The number of hydrogen-bond acceptors (Lipinski definition) is 13. The highest BCUT2D eigenvalue weighted by Gasteiger charge is 2.29. The molecule has 0 saturated carbocycles. The monoisotopic (exact) mass is 845 g/mol. The summed E-state index contributed by atoms with van der Waals surface area (Å²) >= 11 is 1.62. The van der Waals surface area contributed by atoms with Gasteiger partial charge < -0.3 is 30.6 Å². The van der Waals surface area contributed by atoms with E-state index in [4.69, 9.17) is 19.9 Å². The fourth-order valence-electron chi connectivity index (χ4n) is 5.49. The van der Waals surface area contributed by atoms with Gasteiger partial charge in [0.25, 0.3) is 0 Å². The molecule has 4 aromatic heterocycles. The average molecular weight is 846 g/mol. The van der Waals surface area contributed by atoms with Crippen molar-refractivity contribution in [1.82, 2.24) is 39.8 Å². The van der Waals surface area contributed by atoms with Gasteiger partial charge in [-0.25, -0.2) is 13.2 Å². The zero-order chi connectivity index (χ0) is 42.8. The molecule has 0 radical (unpaired) electrons. The normalized spacial score (nSPS) is 13.0. The Kier molecular flexibility index (Phi) is 14.8. The minimum atomic E-state index is -3.43. The number of aromatic nitrogens is 6. The van der Waals surface area contributed by atoms with Gasteiger partial charge in [-0.05, 0) is 76.3 Å². The van der Waals surface area contributed by atoms with Crippen molar-refractivity contribution in [2.75, 3.05) is 25.7 Å². The number of nitrogens with two attached hydrogens (primary N) is 1. The van der Waals surface area contributed by atoms with E-state index in [-0.39, 0.29) is 18.1 Å². The van der Waals surface area contributed by atoms with Crippen LogP contribution < -0.4 is 16.4 Å². The molecular weight excluding hydrogens is 795 g/mol. The number of fused-ring (bicyclic) bond motifs is 2. The first-order valence-electron chi connectivity index (χ1n) is 18.7. The van der Waals surface area contributed by atoms with Gasteiger partial charge in [-0.2, -0.15) is 0 Å². The summed E-state index contributed by atoms with van der Waals surface area (Å²) in [5, 5.41) is 22.5. The Morgan fingerprint density at radius 2 is 1.22 bits per heavy atom. The van der Waals surface area contributed by atoms with Gasteiger partial charge in [-0.15, -0.1) is 32.2 Å². The average Bonchev–Trinajstić information content (AvgIpc) is 3.81. The summed E-state index contributed by atoms with van der Waals surface area (Å²) in [4.78, 5) is 26.1. The third-order valence-corrected chi connectivity index (χ3v) is 10.3. The summed E-state index contributed by atoms with van der Waals surface area (Å²) in [6, 6.07) is 25.2. The fourth-order valence-corrected chi connectivity index (χ4v) is 6.51. The second kappa shape index (κ2) is 19.6. The number of carbonyl (C=O) groups excluding carboxylic acids is 2. The molecule has 0 aliphatic heterocycles. The van der Waals surface area contributed by atoms with Crippen LogP contribution in [0.2, 0.25) is 0 Å². The Morgan fingerprint density at radius 3 is 1.69 bits per heavy atom. The van der Waals surface area contributed by atoms with E-state index >= 15 is 0 Å². The number of thioether (sulfide) groups is 1. The van der Waals surface area contributed by atoms with Crippen LogP contribution in [0.1, 0.15) is 69.5 Å². The molecule has 1 unspecified atom stereocenters. The lowest BCUT2D eigenvalue weighted by Crippen LogP contribution is -2.50. The molecule has 314 valence electrons. The smallest absolute Gasteiger partial charge is 0.408 e. The van der Waals surface area contributed by atoms with E-state index in [9.17, 15) is 18.0 Å². The number of nitrogens with zero attached hydrogens (tertiary/aromatic N) is 6. The number of pyridine rings is 2. The number of ether oxygens (including phenoxy) is 3. The molecule has 0 spiro atoms. The number of alkyl carbamates (subject to hydrolysis) is 1. The zero-order valence-electron chi connectivity index (χ0n) is 34.2. The largest absolute Gasteiger partial charge is 0.444 e. The molecule has 16 nitrogen and oxygen atoms in total. The Bertz CT molecular complexity index is 2430. The van der Waals surface area contributed by atoms with Crippen LogP contribution >= 0.6 is 11.8 Å². The zero-order valence-corrected chi connectivity index (χ0v) is 35.8. The number of benzene rings is 2. The predicted molar refractivity (Wildman–Crippen MR) is 224 cm³/mol. The first-order valence-corrected chi connectivity index (χ1v) is 21.8. The van der Waals surface area contributed by atoms with Gasteiger partial charge in [0.05, 0.1) is 36.9 Å². The van der Waals surface area contributed by atoms with Crippen LogP contribution in [0.3, 0.4) is 0 Å². The lowest BCUT2D eigenvalue weighted by atomic mass is 10.1. The lowest BCUT2D eigenvalue weighted by Gasteiger charge is -2.23. The van der Waals surface area contributed by atoms with Crippen molar-refractivity contribution in [3.63, 3.8) is 0 Å². The summed E-state index contributed by atoms with van der Waals surface area (Å²) in [5.41, 5.74) is 7.40. The van der Waals surface area contributed by atoms with Crippen molar-refractivity contribution < 1.29 is 32.2 Å². The summed E-state index contributed by atoms with van der Waals surface area (Å²) in [6.45, 7) is 9.76. The van der Waals surface area contributed by atoms with Crippen LogP contribution in [0.5, 0.6) is 0 Å². The molecule has 18 heteroatoms. The molecule has 0 aliphatic rings. The Labute approximate surface area is 348 Å². The number of hydrogen-bond donors (Lipinski definition) is 3. The standard InChI is InChI=1S/C21H26N4O3S.C20H25N5O4S/c1-21(2,3)28-20(26)22-17(14-27-13-15-8-6-5-7-9-15)19-24-23-18-11-10-16(29-4)12-25(18)19;1-20(2,21)19(26)22-16(13-29-12-14-7-5-4-6-8-14)18-24-23-17-10-9-15(11-25(17)18)30(3,27)28/h5-12,17H,13-14H2,1-4H3,(H,22,26);4-11,16H,12-13,21H2,1-3H3,(H,22,26)/t;16-/m.1/s1. The third kappa shape index (κ3) is 13.0. The summed E-state index contributed by atoms with van der Waals surface area (Å²) < 4.78 is 44.4. The Hall–Kier alpha value is -5.40. The van der Waals surface area contributed by atoms with Crippen LogP contribution in [0, 0.1) is 0 Å². The maximum absolute atomic E-state index is 12.5. The molecule has 2 amide bonds. The molecule has 0 fully saturated rings. The van der Waals surface area contributed by atoms with Crippen LogP contribution in [0.15, 0.2) is 107 Å². The predicted octanol–water partition coefficient (Wildman–Crippen LogP) is 5.48. The first kappa shape index (κ1) is 44.7. The molecule has 2 atom stereocenters. The topological polar surface area (TPSA) is 206 Å². The van der Waals surface area contributed by atoms with Crippen molar-refractivity contribution in [2.24, 2.45) is 5.73 Å². The van der Waals surface area contributed by atoms with E-state index in [1.807, 2.05) is 110 Å². The SMILES string of the molecule is CC(C)(N)C(=O)N[C@H](COCc1ccccc1)c1nnc2ccc(S(C)(=O)=O)cn12.CSc1ccc2nnc(C(COCc3ccccc3)NC(=O)OC(C)(C)C)n2c1. The van der Waals surface area contributed by atoms with E-state index in [0.717, 1.165) is 22.3 Å². The van der Waals surface area contributed by atoms with Crippen molar-refractivity contribution in [2.45, 2.75) is 80.8 Å². The van der Waals surface area contributed by atoms with Crippen LogP contribution in [-0.2, 0) is 42.1 Å². The fraction of sp³-hybridized carbons (Fsp3) is 0.366. The quantitative estimate of drug-likeness (QED) is 0.110. The molecule has 0 bridgehead atoms. The van der Waals surface area contributed by atoms with E-state index in [1.54, 1.807) is 31.7 Å². The van der Waals surface area contributed by atoms with Gasteiger partial charge in [0.15, 0.2) is 32.8 Å². The maximum atomic E-state index is 12.5. The highest BCUT2D eigenvalue weighted by atomic mass is 32.2. The lowest BCUT2D eigenvalue weighted by molar-refractivity contribution is -0.126. The number of carbonyl (C=O) groups is 2. The second-order valence-electron chi connectivity index (χ2n) is 15.2. The molecule has 4 N–H and O–H groups in total. The second-order valence-corrected chi connectivity index (χ2v) is 18.1. The van der Waals surface area contributed by atoms with Gasteiger partial charge in [-0.1, -0.05) is 60.7 Å². The number of rotatable bonds is 15. The van der Waals surface area contributed by atoms with Crippen molar-refractivity contribution in [1.29, 1.82) is 0 Å². The van der Waals surface area contributed by atoms with Crippen molar-refractivity contribution in [3.05, 3.63) is 120 Å². The van der Waals surface area contributed by atoms with Crippen molar-refractivity contribution >= 4 is 44.9 Å². The number of amides is 2. The molecule has 2 aromatic carbocycles. The van der Waals surface area contributed by atoms with E-state index < -0.39 is 45.1 Å². The molecule has 59 heavy (non-hydrogen) atoms. The molecule has 0 saturated heterocycles. The maximum Gasteiger partial charge on any atom is 0.408 e. The molecule has 6 rings (SSSR count). The minimum Gasteiger partial charge on any atom is -0.444 e. The van der Waals surface area contributed by atoms with Gasteiger partial charge in [0.2, 0.25) is 5.91 Å². The van der Waals surface area contributed by atoms with Crippen LogP contribution in [0.25, 0.3) is 11.3 Å². The number of sulfone groups is 1. The van der Waals surface area contributed by atoms with Gasteiger partial charge in [-0.3, -0.25) is 13.6 Å². The van der Waals surface area contributed by atoms with Crippen molar-refractivity contribution in [3.8, 4) is 0 Å². The molecule has 0 aliphatic carbocycles. The summed E-state index contributed by atoms with van der Waals surface area (Å²) in [6.07, 6.45) is 5.99. The third-order valence-electron chi connectivity index (χ3n) is 8.46. The molecule has 6 aromatic rings. The summed E-state index contributed by atoms with van der Waals surface area (Å²) in [5.74, 6) is 0.544. The van der Waals surface area contributed by atoms with Gasteiger partial charge in [0, 0.05) is 23.5 Å². The van der Waals surface area contributed by atoms with Crippen LogP contribution in [0.4, 0.5) is 4.79 Å². The van der Waals surface area contributed by atoms with E-state index in [0.29, 0.717) is 36.2 Å². The van der Waals surface area contributed by atoms with Crippen LogP contribution in [-0.4, -0.2) is 86.5 Å². The highest BCUT2D eigenvalue weighted by Crippen LogP contribution is 2.21. The van der Waals surface area contributed by atoms with Gasteiger partial charge >= 0.3 is 6.09 Å². The molecule has 4 heterocycles. The van der Waals surface area contributed by atoms with E-state index in [1.165, 1.54) is 16.7 Å². The Morgan fingerprint density at radius 1 is 0.729 bits per heavy atom. The van der Waals surface area contributed by atoms with E-state index in [2.05, 4.69) is 31.0 Å². The summed E-state index contributed by atoms with van der Waals surface area (Å²) in [7, 11) is -3.43. The number of nitrogens with one attached hydrogen (secondary N) is 2. The first-order chi connectivity index (χ1) is 27.9. The highest BCUT2D eigenvalue weighted by molar-refractivity contribution is 7.98.